The summed E-state index contributed by atoms with van der Waals surface area (Å²) < 4.78 is 7.30. The minimum Gasteiger partial charge on any atom is -0.504 e. The van der Waals surface area contributed by atoms with Crippen LogP contribution in [0.25, 0.3) is 11.3 Å². The summed E-state index contributed by atoms with van der Waals surface area (Å²) in [6.45, 7) is 2.29. The molecule has 0 saturated heterocycles. The van der Waals surface area contributed by atoms with Crippen molar-refractivity contribution >= 4 is 17.4 Å². The predicted molar refractivity (Wildman–Crippen MR) is 128 cm³/mol. The molecule has 0 radical (unpaired) electrons. The number of phenolic OH excluding ortho intramolecular Hbond substituents is 1. The molecule has 3 N–H and O–H groups in total. The number of anilines is 1. The Kier molecular flexibility index (Phi) is 5.75. The van der Waals surface area contributed by atoms with Crippen molar-refractivity contribution in [3.05, 3.63) is 94.3 Å². The van der Waals surface area contributed by atoms with E-state index < -0.39 is 6.17 Å². The first-order chi connectivity index (χ1) is 16.1. The molecule has 0 amide bonds. The van der Waals surface area contributed by atoms with Gasteiger partial charge in [-0.05, 0) is 47.5 Å². The minimum atomic E-state index is -0.451. The van der Waals surface area contributed by atoms with Crippen molar-refractivity contribution in [1.29, 1.82) is 0 Å². The summed E-state index contributed by atoms with van der Waals surface area (Å²) in [4.78, 5) is 16.2. The van der Waals surface area contributed by atoms with Crippen LogP contribution in [0.15, 0.2) is 82.7 Å². The Morgan fingerprint density at radius 2 is 1.88 bits per heavy atom. The van der Waals surface area contributed by atoms with Crippen molar-refractivity contribution in [2.45, 2.75) is 24.0 Å². The van der Waals surface area contributed by atoms with Crippen LogP contribution in [0.3, 0.4) is 0 Å². The number of rotatable bonds is 6. The Morgan fingerprint density at radius 3 is 2.70 bits per heavy atom. The second kappa shape index (κ2) is 8.99. The number of hydrogen-bond acceptors (Lipinski definition) is 6. The molecule has 0 fully saturated rings. The lowest BCUT2D eigenvalue weighted by Gasteiger charge is -2.22. The van der Waals surface area contributed by atoms with Gasteiger partial charge >= 0.3 is 11.3 Å². The van der Waals surface area contributed by atoms with Gasteiger partial charge in [0.15, 0.2) is 11.5 Å². The zero-order valence-corrected chi connectivity index (χ0v) is 18.8. The van der Waals surface area contributed by atoms with Gasteiger partial charge in [0.05, 0.1) is 17.9 Å². The topological polar surface area (TPSA) is 91.1 Å². The molecule has 0 spiro atoms. The molecule has 3 aromatic carbocycles. The van der Waals surface area contributed by atoms with E-state index in [2.05, 4.69) is 10.3 Å². The lowest BCUT2D eigenvalue weighted by atomic mass is 10.0. The number of benzene rings is 3. The normalized spacial score (nSPS) is 14.2. The smallest absolute Gasteiger partial charge is 0.325 e. The highest BCUT2D eigenvalue weighted by atomic mass is 32.2. The third-order valence-corrected chi connectivity index (χ3v) is 6.33. The first kappa shape index (κ1) is 21.1. The highest BCUT2D eigenvalue weighted by Gasteiger charge is 2.38. The molecule has 2 heterocycles. The molecule has 1 atom stereocenters. The van der Waals surface area contributed by atoms with Gasteiger partial charge in [-0.3, -0.25) is 9.78 Å². The number of aromatic hydroxyl groups is 1. The van der Waals surface area contributed by atoms with Gasteiger partial charge in [-0.2, -0.15) is 0 Å². The number of hydrogen-bond donors (Lipinski definition) is 3. The third-order valence-electron chi connectivity index (χ3n) is 5.40. The summed E-state index contributed by atoms with van der Waals surface area (Å²) in [5.41, 5.74) is 3.85. The number of ether oxygens (including phenoxy) is 1. The summed E-state index contributed by atoms with van der Waals surface area (Å²) in [6.07, 6.45) is -0.451. The summed E-state index contributed by atoms with van der Waals surface area (Å²) in [6, 6.07) is 22.9. The number of aromatic nitrogens is 3. The first-order valence-corrected chi connectivity index (χ1v) is 11.7. The lowest BCUT2D eigenvalue weighted by Crippen LogP contribution is -2.55. The van der Waals surface area contributed by atoms with E-state index in [9.17, 15) is 9.90 Å². The van der Waals surface area contributed by atoms with Crippen LogP contribution in [0.5, 0.6) is 11.5 Å². The third kappa shape index (κ3) is 4.17. The minimum absolute atomic E-state index is 0.0695. The Labute approximate surface area is 195 Å². The Morgan fingerprint density at radius 1 is 1.09 bits per heavy atom. The zero-order chi connectivity index (χ0) is 22.8. The molecule has 33 heavy (non-hydrogen) atoms. The van der Waals surface area contributed by atoms with E-state index in [1.165, 1.54) is 11.8 Å². The number of nitrogens with one attached hydrogen (secondary N) is 2. The lowest BCUT2D eigenvalue weighted by molar-refractivity contribution is -0.759. The quantitative estimate of drug-likeness (QED) is 0.297. The van der Waals surface area contributed by atoms with Gasteiger partial charge in [0, 0.05) is 16.4 Å². The van der Waals surface area contributed by atoms with Crippen molar-refractivity contribution in [2.24, 2.45) is 0 Å². The Hall–Kier alpha value is -3.78. The van der Waals surface area contributed by atoms with Crippen LogP contribution in [0.4, 0.5) is 5.69 Å². The largest absolute Gasteiger partial charge is 0.504 e. The molecule has 0 unspecified atom stereocenters. The molecule has 1 aliphatic rings. The zero-order valence-electron chi connectivity index (χ0n) is 18.0. The van der Waals surface area contributed by atoms with E-state index in [0.29, 0.717) is 29.0 Å². The summed E-state index contributed by atoms with van der Waals surface area (Å²) in [5, 5.41) is 19.0. The van der Waals surface area contributed by atoms with Crippen molar-refractivity contribution < 1.29 is 14.5 Å². The summed E-state index contributed by atoms with van der Waals surface area (Å²) in [7, 11) is 0. The van der Waals surface area contributed by atoms with Gasteiger partial charge in [-0.15, -0.1) is 0 Å². The van der Waals surface area contributed by atoms with Crippen molar-refractivity contribution in [3.8, 4) is 22.8 Å². The fraction of sp³-hybridized carbons (Fsp3) is 0.160. The first-order valence-electron chi connectivity index (χ1n) is 10.7. The van der Waals surface area contributed by atoms with E-state index in [4.69, 9.17) is 9.84 Å². The van der Waals surface area contributed by atoms with Crippen molar-refractivity contribution in [1.82, 2.24) is 10.1 Å². The Bertz CT molecular complexity index is 1360. The number of aromatic amines is 1. The maximum absolute atomic E-state index is 13.2. The SMILES string of the molecule is CCOc1cc([C@H]2Nc3ccccc3-c3c(=O)[nH]c(SCc4ccccc4)n[n+]32)ccc1O. The molecule has 166 valence electrons. The molecule has 1 aliphatic heterocycles. The van der Waals surface area contributed by atoms with Crippen LogP contribution >= 0.6 is 11.8 Å². The van der Waals surface area contributed by atoms with Gasteiger partial charge < -0.3 is 15.2 Å². The molecular weight excluding hydrogens is 436 g/mol. The number of para-hydroxylation sites is 1. The van der Waals surface area contributed by atoms with Crippen molar-refractivity contribution in [3.63, 3.8) is 0 Å². The molecule has 0 saturated carbocycles. The molecule has 7 nitrogen and oxygen atoms in total. The number of nitrogens with zero attached hydrogens (tertiary/aromatic N) is 2. The average molecular weight is 460 g/mol. The van der Waals surface area contributed by atoms with Crippen LogP contribution < -0.4 is 20.3 Å². The second-order valence-corrected chi connectivity index (χ2v) is 8.54. The molecule has 5 rings (SSSR count). The number of thioether (sulfide) groups is 1. The predicted octanol–water partition coefficient (Wildman–Crippen LogP) is 4.09. The number of fused-ring (bicyclic) bond motifs is 3. The van der Waals surface area contributed by atoms with E-state index in [-0.39, 0.29) is 11.3 Å². The molecule has 8 heteroatoms. The number of phenols is 1. The fourth-order valence-corrected chi connectivity index (χ4v) is 4.68. The van der Waals surface area contributed by atoms with Crippen LogP contribution in [-0.4, -0.2) is 21.8 Å². The maximum atomic E-state index is 13.2. The second-order valence-electron chi connectivity index (χ2n) is 7.58. The van der Waals surface area contributed by atoms with Crippen LogP contribution in [0, 0.1) is 0 Å². The molecular formula is C25H23N4O3S+. The molecule has 4 aromatic rings. The molecule has 0 bridgehead atoms. The van der Waals surface area contributed by atoms with Crippen LogP contribution in [-0.2, 0) is 5.75 Å². The number of H-pyrrole nitrogens is 1. The van der Waals surface area contributed by atoms with Gasteiger partial charge in [-0.1, -0.05) is 54.2 Å². The maximum Gasteiger partial charge on any atom is 0.325 e. The van der Waals surface area contributed by atoms with Gasteiger partial charge in [-0.25, -0.2) is 0 Å². The van der Waals surface area contributed by atoms with Gasteiger partial charge in [0.1, 0.15) is 0 Å². The van der Waals surface area contributed by atoms with E-state index >= 15 is 0 Å². The van der Waals surface area contributed by atoms with Crippen LogP contribution in [0.1, 0.15) is 24.2 Å². The van der Waals surface area contributed by atoms with Gasteiger partial charge in [0.2, 0.25) is 5.16 Å². The monoisotopic (exact) mass is 459 g/mol. The van der Waals surface area contributed by atoms with Gasteiger partial charge in [0.25, 0.3) is 6.17 Å². The standard InChI is InChI=1S/C25H22N4O3S/c1-2-32-21-14-17(12-13-20(21)30)23-26-19-11-7-6-10-18(19)22-24(31)27-25(28-29(22)23)33-15-16-8-4-3-5-9-16/h3-14,23H,2,15H2,1H3,(H2,27,28,30,31)/p+1/t23-/m0/s1. The molecule has 0 aliphatic carbocycles. The summed E-state index contributed by atoms with van der Waals surface area (Å²) in [5.74, 6) is 1.15. The summed E-state index contributed by atoms with van der Waals surface area (Å²) >= 11 is 1.47. The molecule has 1 aromatic heterocycles. The van der Waals surface area contributed by atoms with E-state index in [1.54, 1.807) is 22.9 Å². The van der Waals surface area contributed by atoms with Crippen molar-refractivity contribution in [2.75, 3.05) is 11.9 Å². The fourth-order valence-electron chi connectivity index (χ4n) is 3.88. The Balaban J connectivity index is 1.60. The highest BCUT2D eigenvalue weighted by Crippen LogP contribution is 2.34. The highest BCUT2D eigenvalue weighted by molar-refractivity contribution is 7.98. The average Bonchev–Trinajstić information content (AvgIpc) is 2.84. The van der Waals surface area contributed by atoms with Crippen LogP contribution in [0.2, 0.25) is 0 Å². The van der Waals surface area contributed by atoms with E-state index in [0.717, 1.165) is 22.4 Å². The van der Waals surface area contributed by atoms with E-state index in [1.807, 2.05) is 61.5 Å².